The number of nitro benzene ring substituents is 1. The van der Waals surface area contributed by atoms with E-state index in [1.54, 1.807) is 29.2 Å². The molecule has 6 atom stereocenters. The van der Waals surface area contributed by atoms with Crippen LogP contribution in [-0.4, -0.2) is 70.1 Å². The summed E-state index contributed by atoms with van der Waals surface area (Å²) in [5, 5.41) is 39.0. The van der Waals surface area contributed by atoms with E-state index in [0.29, 0.717) is 52.9 Å². The Hall–Kier alpha value is -7.78. The van der Waals surface area contributed by atoms with Gasteiger partial charge >= 0.3 is 0 Å². The molecule has 386 valence electrons. The summed E-state index contributed by atoms with van der Waals surface area (Å²) in [6.45, 7) is 4.64. The number of nitro groups is 1. The lowest BCUT2D eigenvalue weighted by Crippen LogP contribution is -2.70. The van der Waals surface area contributed by atoms with Crippen molar-refractivity contribution in [1.29, 1.82) is 0 Å². The molecule has 10 rings (SSSR count). The fourth-order valence-electron chi connectivity index (χ4n) is 11.4. The van der Waals surface area contributed by atoms with E-state index in [2.05, 4.69) is 30.9 Å². The van der Waals surface area contributed by atoms with E-state index in [4.69, 9.17) is 33.7 Å². The van der Waals surface area contributed by atoms with Gasteiger partial charge in [0.15, 0.2) is 11.5 Å². The molecule has 0 spiro atoms. The highest BCUT2D eigenvalue weighted by Gasteiger charge is 2.65. The highest BCUT2D eigenvalue weighted by molar-refractivity contribution is 6.03. The number of fused-ring (bicyclic) bond motifs is 4. The Morgan fingerprint density at radius 1 is 0.813 bits per heavy atom. The molecule has 6 aromatic carbocycles. The van der Waals surface area contributed by atoms with Gasteiger partial charge in [-0.05, 0) is 131 Å². The second-order valence-electron chi connectivity index (χ2n) is 19.5. The molecule has 14 heteroatoms. The number of aliphatic hydroxyl groups excluding tert-OH is 2. The lowest BCUT2D eigenvalue weighted by atomic mass is 9.55. The number of nitrogens with zero attached hydrogens (tertiary/aromatic N) is 3. The number of hydrogen-bond donors (Lipinski definition) is 2. The normalized spacial score (nSPS) is 21.7. The third-order valence-electron chi connectivity index (χ3n) is 14.8. The Morgan fingerprint density at radius 3 is 2.33 bits per heavy atom. The van der Waals surface area contributed by atoms with Gasteiger partial charge in [0.2, 0.25) is 18.5 Å². The average Bonchev–Trinajstić information content (AvgIpc) is 3.92. The Morgan fingerprint density at radius 2 is 1.55 bits per heavy atom. The maximum Gasteiger partial charge on any atom is 0.269 e. The third kappa shape index (κ3) is 11.0. The van der Waals surface area contributed by atoms with E-state index in [1.807, 2.05) is 91.0 Å². The Bertz CT molecular complexity index is 3100. The molecule has 14 nitrogen and oxygen atoms in total. The van der Waals surface area contributed by atoms with E-state index in [0.717, 1.165) is 58.7 Å². The van der Waals surface area contributed by atoms with Gasteiger partial charge in [-0.2, -0.15) is 0 Å². The summed E-state index contributed by atoms with van der Waals surface area (Å²) in [4.78, 5) is 34.6. The number of oxime groups is 1. The Kier molecular flexibility index (Phi) is 15.7. The molecule has 2 aliphatic carbocycles. The molecular formula is C61H61N3O11. The van der Waals surface area contributed by atoms with Crippen LogP contribution in [-0.2, 0) is 27.5 Å². The summed E-state index contributed by atoms with van der Waals surface area (Å²) in [7, 11) is 0. The van der Waals surface area contributed by atoms with Crippen molar-refractivity contribution in [3.8, 4) is 28.7 Å². The molecule has 0 aromatic heterocycles. The van der Waals surface area contributed by atoms with Crippen LogP contribution in [0.4, 0.5) is 5.69 Å². The zero-order valence-corrected chi connectivity index (χ0v) is 41.7. The molecule has 4 aliphatic rings. The first-order chi connectivity index (χ1) is 36.7. The number of carbonyl (C=O) groups excluding carboxylic acids is 1. The number of allylic oxidation sites excluding steroid dienone is 1. The minimum atomic E-state index is -1.56. The van der Waals surface area contributed by atoms with Crippen LogP contribution in [0.5, 0.6) is 28.7 Å². The van der Waals surface area contributed by atoms with E-state index < -0.39 is 22.7 Å². The zero-order chi connectivity index (χ0) is 51.7. The van der Waals surface area contributed by atoms with Crippen LogP contribution < -0.4 is 18.9 Å². The molecule has 1 saturated carbocycles. The van der Waals surface area contributed by atoms with E-state index in [-0.39, 0.29) is 75.5 Å². The number of rotatable bonds is 22. The van der Waals surface area contributed by atoms with Crippen molar-refractivity contribution in [2.75, 3.05) is 26.6 Å². The number of non-ortho nitro benzene ring substituents is 1. The number of aliphatic hydroxyl groups is 2. The number of ether oxygens (including phenoxy) is 5. The predicted molar refractivity (Wildman–Crippen MR) is 285 cm³/mol. The molecule has 6 aromatic rings. The minimum Gasteiger partial charge on any atom is -0.459 e. The number of unbranched alkanes of at least 4 members (excludes halogenated alkanes) is 2. The van der Waals surface area contributed by atoms with Gasteiger partial charge in [-0.1, -0.05) is 96.9 Å². The van der Waals surface area contributed by atoms with Gasteiger partial charge in [0.05, 0.1) is 23.2 Å². The third-order valence-corrected chi connectivity index (χ3v) is 14.8. The Labute approximate surface area is 436 Å². The Balaban J connectivity index is 1.16. The highest BCUT2D eigenvalue weighted by atomic mass is 16.7. The van der Waals surface area contributed by atoms with Crippen LogP contribution in [0.1, 0.15) is 73.1 Å². The van der Waals surface area contributed by atoms with Crippen LogP contribution in [0.2, 0.25) is 0 Å². The monoisotopic (exact) mass is 1010 g/mol. The number of hydrogen-bond acceptors (Lipinski definition) is 12. The van der Waals surface area contributed by atoms with Crippen LogP contribution in [0.25, 0.3) is 16.8 Å². The number of benzene rings is 6. The van der Waals surface area contributed by atoms with Gasteiger partial charge in [0.25, 0.3) is 5.69 Å². The van der Waals surface area contributed by atoms with Gasteiger partial charge in [0.1, 0.15) is 29.9 Å². The summed E-state index contributed by atoms with van der Waals surface area (Å²) in [6.07, 6.45) is 11.6. The maximum atomic E-state index is 15.5. The fourth-order valence-corrected chi connectivity index (χ4v) is 11.4. The molecule has 0 saturated heterocycles. The van der Waals surface area contributed by atoms with Crippen molar-refractivity contribution >= 4 is 34.2 Å². The molecule has 1 amide bonds. The van der Waals surface area contributed by atoms with Crippen LogP contribution in [0, 0.1) is 27.9 Å². The van der Waals surface area contributed by atoms with Crippen LogP contribution in [0.3, 0.4) is 0 Å². The second-order valence-corrected chi connectivity index (χ2v) is 19.5. The largest absolute Gasteiger partial charge is 0.459 e. The van der Waals surface area contributed by atoms with E-state index >= 15 is 4.79 Å². The molecule has 0 bridgehead atoms. The van der Waals surface area contributed by atoms with Gasteiger partial charge in [-0.15, -0.1) is 6.58 Å². The van der Waals surface area contributed by atoms with Crippen molar-refractivity contribution in [2.45, 2.75) is 75.8 Å². The smallest absolute Gasteiger partial charge is 0.269 e. The topological polar surface area (TPSA) is 172 Å². The molecule has 2 heterocycles. The van der Waals surface area contributed by atoms with Gasteiger partial charge in [-0.3, -0.25) is 14.9 Å². The minimum absolute atomic E-state index is 0.00600. The first-order valence-corrected chi connectivity index (χ1v) is 25.8. The predicted octanol–water partition coefficient (Wildman–Crippen LogP) is 11.8. The molecule has 2 aliphatic heterocycles. The van der Waals surface area contributed by atoms with Crippen LogP contribution >= 0.6 is 0 Å². The lowest BCUT2D eigenvalue weighted by molar-refractivity contribution is -0.384. The zero-order valence-electron chi connectivity index (χ0n) is 41.7. The molecule has 1 fully saturated rings. The number of carbonyl (C=O) groups is 1. The fraction of sp³-hybridized carbons (Fsp3) is 0.311. The summed E-state index contributed by atoms with van der Waals surface area (Å²) < 4.78 is 33.0. The summed E-state index contributed by atoms with van der Waals surface area (Å²) in [5.74, 6) is 0.183. The maximum absolute atomic E-state index is 15.5. The van der Waals surface area contributed by atoms with Gasteiger partial charge in [0, 0.05) is 55.9 Å². The quantitative estimate of drug-likeness (QED) is 0.0218. The first-order valence-electron chi connectivity index (χ1n) is 25.8. The molecular weight excluding hydrogens is 951 g/mol. The summed E-state index contributed by atoms with van der Waals surface area (Å²) in [5.41, 5.74) is 4.67. The van der Waals surface area contributed by atoms with Gasteiger partial charge < -0.3 is 43.6 Å². The average molecular weight is 1010 g/mol. The van der Waals surface area contributed by atoms with E-state index in [9.17, 15) is 20.3 Å². The SMILES string of the molecule is C=CCOC12Oc3ccc(Oc4ccc5ccccc5c4)cc3C3C(CCCCO)C(CCCCO)C=C(C(=NOCc4ccccc4)CC1N(Cc1ccc4c(c1)OCO4)C(=O)C=Cc1ccc([N+](=O)[O-])cc1)C32. The first kappa shape index (κ1) is 50.7. The standard InChI is InChI=1S/C61H61N3O11/c1-2-32-72-61-57(63(38-43-20-27-55-56(33-43)71-40-70-55)58(67)29-21-41-18-23-47(24-19-41)64(68)69)37-53(62-73-39-42-12-4-3-5-13-42)51-35-46(16-8-10-30-65)50(17-9-11-31-66)59(60(51)61)52-36-49(26-28-54(52)75-61)74-48-25-22-44-14-6-7-15-45(44)34-48/h2-7,12-15,18-29,33-36,46,50,57,59-60,65-66H,1,8-11,16-17,30-32,37-40H2. The highest BCUT2D eigenvalue weighted by Crippen LogP contribution is 2.62. The molecule has 0 radical (unpaired) electrons. The lowest BCUT2D eigenvalue weighted by Gasteiger charge is -2.60. The summed E-state index contributed by atoms with van der Waals surface area (Å²) in [6, 6.07) is 40.7. The number of amides is 1. The molecule has 75 heavy (non-hydrogen) atoms. The van der Waals surface area contributed by atoms with Crippen molar-refractivity contribution in [1.82, 2.24) is 4.90 Å². The van der Waals surface area contributed by atoms with Crippen LogP contribution in [0.15, 0.2) is 169 Å². The van der Waals surface area contributed by atoms with Crippen molar-refractivity contribution in [2.24, 2.45) is 22.9 Å². The van der Waals surface area contributed by atoms with Crippen molar-refractivity contribution in [3.63, 3.8) is 0 Å². The van der Waals surface area contributed by atoms with Crippen molar-refractivity contribution < 1.29 is 48.5 Å². The second kappa shape index (κ2) is 23.2. The van der Waals surface area contributed by atoms with Gasteiger partial charge in [-0.25, -0.2) is 0 Å². The summed E-state index contributed by atoms with van der Waals surface area (Å²) >= 11 is 0. The molecule has 2 N–H and O–H groups in total. The molecule has 6 unspecified atom stereocenters. The van der Waals surface area contributed by atoms with E-state index in [1.165, 1.54) is 18.2 Å². The van der Waals surface area contributed by atoms with Crippen molar-refractivity contribution in [3.05, 3.63) is 196 Å².